The fraction of sp³-hybridized carbons (Fsp3) is 0.312. The van der Waals surface area contributed by atoms with E-state index in [9.17, 15) is 9.59 Å². The van der Waals surface area contributed by atoms with Crippen molar-refractivity contribution in [3.05, 3.63) is 42.1 Å². The van der Waals surface area contributed by atoms with Crippen molar-refractivity contribution < 1.29 is 14.7 Å². The van der Waals surface area contributed by atoms with Gasteiger partial charge in [0.1, 0.15) is 0 Å². The van der Waals surface area contributed by atoms with Crippen molar-refractivity contribution in [1.82, 2.24) is 9.88 Å². The monoisotopic (exact) mass is 284 g/mol. The minimum absolute atomic E-state index is 0.0504. The minimum Gasteiger partial charge on any atom is -0.481 e. The molecule has 108 valence electrons. The normalized spacial score (nSPS) is 18.1. The highest BCUT2D eigenvalue weighted by Gasteiger charge is 2.29. The summed E-state index contributed by atoms with van der Waals surface area (Å²) in [5.41, 5.74) is 1.29. The summed E-state index contributed by atoms with van der Waals surface area (Å²) in [5.74, 6) is -0.817. The van der Waals surface area contributed by atoms with E-state index in [1.54, 1.807) is 17.2 Å². The molecule has 1 atom stereocenters. The van der Waals surface area contributed by atoms with Crippen LogP contribution in [0.15, 0.2) is 36.5 Å². The third-order valence-corrected chi connectivity index (χ3v) is 3.90. The maximum Gasteiger partial charge on any atom is 0.303 e. The van der Waals surface area contributed by atoms with Crippen molar-refractivity contribution in [2.75, 3.05) is 13.1 Å². The molecule has 1 unspecified atom stereocenters. The number of rotatable bonds is 3. The van der Waals surface area contributed by atoms with Gasteiger partial charge in [-0.15, -0.1) is 0 Å². The van der Waals surface area contributed by atoms with Gasteiger partial charge in [0, 0.05) is 31.1 Å². The van der Waals surface area contributed by atoms with E-state index in [1.807, 2.05) is 24.3 Å². The van der Waals surface area contributed by atoms with Crippen molar-refractivity contribution >= 4 is 22.8 Å². The van der Waals surface area contributed by atoms with Gasteiger partial charge in [-0.2, -0.15) is 0 Å². The number of hydrogen-bond donors (Lipinski definition) is 1. The van der Waals surface area contributed by atoms with Gasteiger partial charge in [-0.05, 0) is 24.5 Å². The molecule has 21 heavy (non-hydrogen) atoms. The van der Waals surface area contributed by atoms with Crippen molar-refractivity contribution in [1.29, 1.82) is 0 Å². The van der Waals surface area contributed by atoms with Crippen molar-refractivity contribution in [3.8, 4) is 0 Å². The lowest BCUT2D eigenvalue weighted by atomic mass is 10.1. The van der Waals surface area contributed by atoms with Gasteiger partial charge in [-0.3, -0.25) is 14.6 Å². The quantitative estimate of drug-likeness (QED) is 0.937. The van der Waals surface area contributed by atoms with Gasteiger partial charge in [0.25, 0.3) is 5.91 Å². The molecule has 1 aromatic carbocycles. The highest BCUT2D eigenvalue weighted by atomic mass is 16.4. The van der Waals surface area contributed by atoms with E-state index in [0.717, 1.165) is 11.8 Å². The Morgan fingerprint density at radius 3 is 2.90 bits per heavy atom. The maximum atomic E-state index is 12.6. The number of nitrogens with zero attached hydrogens (tertiary/aromatic N) is 2. The van der Waals surface area contributed by atoms with Crippen LogP contribution in [0.5, 0.6) is 0 Å². The second-order valence-electron chi connectivity index (χ2n) is 5.38. The van der Waals surface area contributed by atoms with E-state index >= 15 is 0 Å². The molecule has 1 aliphatic rings. The molecule has 1 amide bonds. The number of amides is 1. The molecule has 0 spiro atoms. The van der Waals surface area contributed by atoms with Gasteiger partial charge in [-0.25, -0.2) is 0 Å². The maximum absolute atomic E-state index is 12.6. The van der Waals surface area contributed by atoms with Crippen LogP contribution in [-0.2, 0) is 4.79 Å². The van der Waals surface area contributed by atoms with Gasteiger partial charge in [0.15, 0.2) is 0 Å². The number of likely N-dealkylation sites (tertiary alicyclic amines) is 1. The molecule has 5 heteroatoms. The average Bonchev–Trinajstić information content (AvgIpc) is 2.93. The fourth-order valence-corrected chi connectivity index (χ4v) is 2.88. The molecule has 3 rings (SSSR count). The Kier molecular flexibility index (Phi) is 3.56. The number of carbonyl (C=O) groups is 2. The second kappa shape index (κ2) is 5.52. The van der Waals surface area contributed by atoms with E-state index in [4.69, 9.17) is 5.11 Å². The van der Waals surface area contributed by atoms with Crippen LogP contribution in [0.25, 0.3) is 10.9 Å². The lowest BCUT2D eigenvalue weighted by Gasteiger charge is -2.17. The number of hydrogen-bond acceptors (Lipinski definition) is 3. The molecule has 0 radical (unpaired) electrons. The zero-order valence-electron chi connectivity index (χ0n) is 11.5. The molecule has 1 saturated heterocycles. The van der Waals surface area contributed by atoms with Gasteiger partial charge >= 0.3 is 5.97 Å². The molecule has 1 fully saturated rings. The topological polar surface area (TPSA) is 70.5 Å². The number of para-hydroxylation sites is 1. The van der Waals surface area contributed by atoms with Crippen LogP contribution in [0.1, 0.15) is 23.2 Å². The molecule has 1 N–H and O–H groups in total. The number of aromatic nitrogens is 1. The smallest absolute Gasteiger partial charge is 0.303 e. The first-order chi connectivity index (χ1) is 10.1. The summed E-state index contributed by atoms with van der Waals surface area (Å²) < 4.78 is 0. The molecule has 0 bridgehead atoms. The summed E-state index contributed by atoms with van der Waals surface area (Å²) in [6, 6.07) is 9.33. The van der Waals surface area contributed by atoms with Crippen LogP contribution in [0.2, 0.25) is 0 Å². The molecular formula is C16H16N2O3. The Morgan fingerprint density at radius 2 is 2.10 bits per heavy atom. The van der Waals surface area contributed by atoms with Crippen molar-refractivity contribution in [2.45, 2.75) is 12.8 Å². The predicted octanol–water partition coefficient (Wildman–Crippen LogP) is 2.17. The van der Waals surface area contributed by atoms with E-state index < -0.39 is 5.97 Å². The summed E-state index contributed by atoms with van der Waals surface area (Å²) in [7, 11) is 0. The molecule has 0 aliphatic carbocycles. The number of benzene rings is 1. The fourth-order valence-electron chi connectivity index (χ4n) is 2.88. The Balaban J connectivity index is 1.83. The first-order valence-electron chi connectivity index (χ1n) is 7.00. The standard InChI is InChI=1S/C16H16N2O3/c19-14(20)9-11-6-8-18(10-11)16(21)13-5-1-3-12-4-2-7-17-15(12)13/h1-5,7,11H,6,8-10H2,(H,19,20). The molecule has 1 aromatic heterocycles. The molecule has 0 saturated carbocycles. The van der Waals surface area contributed by atoms with Gasteiger partial charge in [0.05, 0.1) is 11.1 Å². The summed E-state index contributed by atoms with van der Waals surface area (Å²) >= 11 is 0. The Bertz CT molecular complexity index is 693. The van der Waals surface area contributed by atoms with Crippen LogP contribution in [0.3, 0.4) is 0 Å². The third-order valence-electron chi connectivity index (χ3n) is 3.90. The first-order valence-corrected chi connectivity index (χ1v) is 7.00. The summed E-state index contributed by atoms with van der Waals surface area (Å²) in [6.07, 6.45) is 2.55. The predicted molar refractivity (Wildman–Crippen MR) is 78.0 cm³/mol. The van der Waals surface area contributed by atoms with E-state index in [-0.39, 0.29) is 18.2 Å². The summed E-state index contributed by atoms with van der Waals surface area (Å²) in [4.78, 5) is 29.4. The van der Waals surface area contributed by atoms with E-state index in [0.29, 0.717) is 24.2 Å². The van der Waals surface area contributed by atoms with Crippen LogP contribution in [-0.4, -0.2) is 40.0 Å². The largest absolute Gasteiger partial charge is 0.481 e. The van der Waals surface area contributed by atoms with E-state index in [2.05, 4.69) is 4.98 Å². The number of fused-ring (bicyclic) bond motifs is 1. The van der Waals surface area contributed by atoms with Crippen molar-refractivity contribution in [3.63, 3.8) is 0 Å². The van der Waals surface area contributed by atoms with Crippen LogP contribution in [0.4, 0.5) is 0 Å². The Morgan fingerprint density at radius 1 is 1.29 bits per heavy atom. The lowest BCUT2D eigenvalue weighted by molar-refractivity contribution is -0.138. The van der Waals surface area contributed by atoms with Crippen LogP contribution >= 0.6 is 0 Å². The Hall–Kier alpha value is -2.43. The van der Waals surface area contributed by atoms with Gasteiger partial charge in [-0.1, -0.05) is 18.2 Å². The third kappa shape index (κ3) is 2.72. The molecule has 2 heterocycles. The minimum atomic E-state index is -0.805. The molecule has 1 aliphatic heterocycles. The number of carboxylic acids is 1. The highest BCUT2D eigenvalue weighted by Crippen LogP contribution is 2.24. The van der Waals surface area contributed by atoms with Crippen molar-refractivity contribution in [2.24, 2.45) is 5.92 Å². The van der Waals surface area contributed by atoms with Crippen LogP contribution < -0.4 is 0 Å². The SMILES string of the molecule is O=C(O)CC1CCN(C(=O)c2cccc3cccnc23)C1. The average molecular weight is 284 g/mol. The van der Waals surface area contributed by atoms with E-state index in [1.165, 1.54) is 0 Å². The van der Waals surface area contributed by atoms with Gasteiger partial charge in [0.2, 0.25) is 0 Å². The van der Waals surface area contributed by atoms with Gasteiger partial charge < -0.3 is 10.0 Å². The number of aliphatic carboxylic acids is 1. The zero-order chi connectivity index (χ0) is 14.8. The molecular weight excluding hydrogens is 268 g/mol. The summed E-state index contributed by atoms with van der Waals surface area (Å²) in [6.45, 7) is 1.12. The highest BCUT2D eigenvalue weighted by molar-refractivity contribution is 6.05. The second-order valence-corrected chi connectivity index (χ2v) is 5.38. The Labute approximate surface area is 122 Å². The number of carboxylic acid groups (broad SMARTS) is 1. The molecule has 5 nitrogen and oxygen atoms in total. The first kappa shape index (κ1) is 13.5. The lowest BCUT2D eigenvalue weighted by Crippen LogP contribution is -2.29. The molecule has 2 aromatic rings. The van der Waals surface area contributed by atoms with Crippen LogP contribution in [0, 0.1) is 5.92 Å². The summed E-state index contributed by atoms with van der Waals surface area (Å²) in [5, 5.41) is 9.78. The number of carbonyl (C=O) groups excluding carboxylic acids is 1. The zero-order valence-corrected chi connectivity index (χ0v) is 11.5. The number of pyridine rings is 1.